The summed E-state index contributed by atoms with van der Waals surface area (Å²) in [6.07, 6.45) is 2.12. The predicted octanol–water partition coefficient (Wildman–Crippen LogP) is 3.47. The van der Waals surface area contributed by atoms with Crippen LogP contribution in [-0.2, 0) is 11.2 Å². The molecule has 0 saturated carbocycles. The summed E-state index contributed by atoms with van der Waals surface area (Å²) in [6.45, 7) is 5.98. The maximum absolute atomic E-state index is 11.6. The first kappa shape index (κ1) is 21.2. The summed E-state index contributed by atoms with van der Waals surface area (Å²) in [4.78, 5) is 20.9. The summed E-state index contributed by atoms with van der Waals surface area (Å²) in [5.74, 6) is 0.504. The van der Waals surface area contributed by atoms with Crippen molar-refractivity contribution in [2.75, 3.05) is 45.0 Å². The van der Waals surface area contributed by atoms with Gasteiger partial charge in [-0.1, -0.05) is 60.7 Å². The smallest absolute Gasteiger partial charge is 0.128 e. The Hall–Kier alpha value is -3.02. The van der Waals surface area contributed by atoms with E-state index in [4.69, 9.17) is 5.73 Å². The molecule has 1 unspecified atom stereocenters. The minimum atomic E-state index is -0.0410. The Balaban J connectivity index is 1.23. The minimum Gasteiger partial charge on any atom is -0.384 e. The molecule has 3 aromatic rings. The van der Waals surface area contributed by atoms with E-state index in [9.17, 15) is 4.79 Å². The van der Waals surface area contributed by atoms with E-state index in [0.717, 1.165) is 68.8 Å². The molecule has 0 spiro atoms. The van der Waals surface area contributed by atoms with Crippen LogP contribution < -0.4 is 5.73 Å². The van der Waals surface area contributed by atoms with Gasteiger partial charge in [0.2, 0.25) is 0 Å². The van der Waals surface area contributed by atoms with Gasteiger partial charge >= 0.3 is 0 Å². The SMILES string of the molecule is Nc1cccc(-c2ccc(CCN3CCN(CC(C=O)c4ccccc4)CC3)cc2)n1. The van der Waals surface area contributed by atoms with Crippen molar-refractivity contribution < 1.29 is 4.79 Å². The van der Waals surface area contributed by atoms with Crippen molar-refractivity contribution in [2.45, 2.75) is 12.3 Å². The molecule has 1 saturated heterocycles. The van der Waals surface area contributed by atoms with Gasteiger partial charge < -0.3 is 15.4 Å². The summed E-state index contributed by atoms with van der Waals surface area (Å²) < 4.78 is 0. The standard InChI is InChI=1S/C26H30N4O/c27-26-8-4-7-25(28-26)23-11-9-21(10-12-23)13-14-29-15-17-30(18-16-29)19-24(20-31)22-5-2-1-3-6-22/h1-12,20,24H,13-19H2,(H2,27,28). The van der Waals surface area contributed by atoms with Crippen LogP contribution in [0.2, 0.25) is 0 Å². The van der Waals surface area contributed by atoms with E-state index in [-0.39, 0.29) is 5.92 Å². The molecule has 31 heavy (non-hydrogen) atoms. The van der Waals surface area contributed by atoms with Crippen molar-refractivity contribution in [3.05, 3.63) is 83.9 Å². The van der Waals surface area contributed by atoms with Crippen LogP contribution in [0, 0.1) is 0 Å². The number of nitrogens with two attached hydrogens (primary N) is 1. The number of benzene rings is 2. The van der Waals surface area contributed by atoms with Crippen LogP contribution >= 0.6 is 0 Å². The number of nitrogens with zero attached hydrogens (tertiary/aromatic N) is 3. The number of nitrogen functional groups attached to an aromatic ring is 1. The number of aromatic nitrogens is 1. The van der Waals surface area contributed by atoms with E-state index in [1.165, 1.54) is 5.56 Å². The monoisotopic (exact) mass is 414 g/mol. The van der Waals surface area contributed by atoms with Gasteiger partial charge in [0, 0.05) is 44.8 Å². The molecule has 1 aromatic heterocycles. The molecule has 160 valence electrons. The molecule has 1 fully saturated rings. The molecule has 5 nitrogen and oxygen atoms in total. The fourth-order valence-electron chi connectivity index (χ4n) is 4.14. The van der Waals surface area contributed by atoms with Crippen molar-refractivity contribution in [2.24, 2.45) is 0 Å². The quantitative estimate of drug-likeness (QED) is 0.572. The number of carbonyl (C=O) groups excluding carboxylic acids is 1. The second kappa shape index (κ2) is 10.3. The van der Waals surface area contributed by atoms with Crippen LogP contribution in [0.5, 0.6) is 0 Å². The topological polar surface area (TPSA) is 62.5 Å². The lowest BCUT2D eigenvalue weighted by molar-refractivity contribution is -0.109. The van der Waals surface area contributed by atoms with Gasteiger partial charge in [-0.3, -0.25) is 4.90 Å². The summed E-state index contributed by atoms with van der Waals surface area (Å²) in [5.41, 5.74) is 10.2. The first-order chi connectivity index (χ1) is 15.2. The molecule has 1 aliphatic rings. The highest BCUT2D eigenvalue weighted by atomic mass is 16.1. The molecule has 2 aromatic carbocycles. The fourth-order valence-corrected chi connectivity index (χ4v) is 4.14. The largest absolute Gasteiger partial charge is 0.384 e. The van der Waals surface area contributed by atoms with Crippen molar-refractivity contribution >= 4 is 12.1 Å². The zero-order chi connectivity index (χ0) is 21.5. The lowest BCUT2D eigenvalue weighted by Gasteiger charge is -2.35. The van der Waals surface area contributed by atoms with Crippen LogP contribution in [0.15, 0.2) is 72.8 Å². The number of hydrogen-bond acceptors (Lipinski definition) is 5. The van der Waals surface area contributed by atoms with Gasteiger partial charge in [0.05, 0.1) is 11.6 Å². The van der Waals surface area contributed by atoms with Gasteiger partial charge in [-0.2, -0.15) is 0 Å². The highest BCUT2D eigenvalue weighted by molar-refractivity contribution is 5.62. The van der Waals surface area contributed by atoms with E-state index in [1.54, 1.807) is 6.07 Å². The normalized spacial score (nSPS) is 16.1. The van der Waals surface area contributed by atoms with Gasteiger partial charge in [-0.15, -0.1) is 0 Å². The lowest BCUT2D eigenvalue weighted by atomic mass is 10.00. The van der Waals surface area contributed by atoms with Crippen molar-refractivity contribution in [3.63, 3.8) is 0 Å². The zero-order valence-corrected chi connectivity index (χ0v) is 17.9. The van der Waals surface area contributed by atoms with Crippen LogP contribution in [0.25, 0.3) is 11.3 Å². The highest BCUT2D eigenvalue weighted by Gasteiger charge is 2.20. The third-order valence-corrected chi connectivity index (χ3v) is 6.05. The Labute approximate surface area is 184 Å². The average molecular weight is 415 g/mol. The Kier molecular flexibility index (Phi) is 7.07. The lowest BCUT2D eigenvalue weighted by Crippen LogP contribution is -2.48. The molecular weight excluding hydrogens is 384 g/mol. The Morgan fingerprint density at radius 1 is 0.871 bits per heavy atom. The average Bonchev–Trinajstić information content (AvgIpc) is 2.83. The number of aldehydes is 1. The summed E-state index contributed by atoms with van der Waals surface area (Å²) in [6, 6.07) is 24.4. The molecule has 0 bridgehead atoms. The predicted molar refractivity (Wildman–Crippen MR) is 126 cm³/mol. The maximum Gasteiger partial charge on any atom is 0.128 e. The van der Waals surface area contributed by atoms with E-state index < -0.39 is 0 Å². The highest BCUT2D eigenvalue weighted by Crippen LogP contribution is 2.19. The van der Waals surface area contributed by atoms with Crippen LogP contribution in [0.1, 0.15) is 17.0 Å². The number of carbonyl (C=O) groups is 1. The number of anilines is 1. The molecule has 5 heteroatoms. The first-order valence-corrected chi connectivity index (χ1v) is 11.0. The third kappa shape index (κ3) is 5.78. The van der Waals surface area contributed by atoms with Crippen molar-refractivity contribution in [1.82, 2.24) is 14.8 Å². The molecule has 0 amide bonds. The van der Waals surface area contributed by atoms with Crippen molar-refractivity contribution in [1.29, 1.82) is 0 Å². The van der Waals surface area contributed by atoms with Crippen LogP contribution in [0.3, 0.4) is 0 Å². The van der Waals surface area contributed by atoms with Gasteiger partial charge in [-0.25, -0.2) is 4.98 Å². The van der Waals surface area contributed by atoms with Gasteiger partial charge in [-0.05, 0) is 29.7 Å². The molecule has 2 heterocycles. The molecule has 1 aliphatic heterocycles. The van der Waals surface area contributed by atoms with Crippen LogP contribution in [-0.4, -0.2) is 60.3 Å². The number of hydrogen-bond donors (Lipinski definition) is 1. The summed E-state index contributed by atoms with van der Waals surface area (Å²) in [5, 5.41) is 0. The Morgan fingerprint density at radius 2 is 1.58 bits per heavy atom. The van der Waals surface area contributed by atoms with Crippen LogP contribution in [0.4, 0.5) is 5.82 Å². The maximum atomic E-state index is 11.6. The first-order valence-electron chi connectivity index (χ1n) is 11.0. The van der Waals surface area contributed by atoms with E-state index >= 15 is 0 Å². The van der Waals surface area contributed by atoms with E-state index in [1.807, 2.05) is 42.5 Å². The van der Waals surface area contributed by atoms with E-state index in [2.05, 4.69) is 39.0 Å². The number of rotatable bonds is 8. The molecule has 1 atom stereocenters. The molecule has 0 aliphatic carbocycles. The van der Waals surface area contributed by atoms with E-state index in [0.29, 0.717) is 5.82 Å². The van der Waals surface area contributed by atoms with Gasteiger partial charge in [0.1, 0.15) is 12.1 Å². The molecule has 4 rings (SSSR count). The van der Waals surface area contributed by atoms with Gasteiger partial charge in [0.25, 0.3) is 0 Å². The molecular formula is C26H30N4O. The Morgan fingerprint density at radius 3 is 2.26 bits per heavy atom. The second-order valence-corrected chi connectivity index (χ2v) is 8.19. The Bertz CT molecular complexity index is 966. The zero-order valence-electron chi connectivity index (χ0n) is 17.9. The molecule has 2 N–H and O–H groups in total. The second-order valence-electron chi connectivity index (χ2n) is 8.19. The number of pyridine rings is 1. The van der Waals surface area contributed by atoms with Crippen molar-refractivity contribution in [3.8, 4) is 11.3 Å². The minimum absolute atomic E-state index is 0.0410. The summed E-state index contributed by atoms with van der Waals surface area (Å²) >= 11 is 0. The number of piperazine rings is 1. The molecule has 0 radical (unpaired) electrons. The fraction of sp³-hybridized carbons (Fsp3) is 0.308. The third-order valence-electron chi connectivity index (χ3n) is 6.05. The summed E-state index contributed by atoms with van der Waals surface area (Å²) in [7, 11) is 0. The van der Waals surface area contributed by atoms with Gasteiger partial charge in [0.15, 0.2) is 0 Å².